The highest BCUT2D eigenvalue weighted by molar-refractivity contribution is 6.30. The molecule has 0 heterocycles. The summed E-state index contributed by atoms with van der Waals surface area (Å²) in [5.74, 6) is 0.923. The molecular weight excluding hydrogens is 246 g/mol. The number of hydrogen-bond acceptors (Lipinski definition) is 2. The zero-order valence-electron chi connectivity index (χ0n) is 11.1. The molecule has 0 aromatic heterocycles. The van der Waals surface area contributed by atoms with Crippen LogP contribution in [0.25, 0.3) is 0 Å². The van der Waals surface area contributed by atoms with Crippen molar-refractivity contribution in [3.63, 3.8) is 0 Å². The van der Waals surface area contributed by atoms with Gasteiger partial charge in [-0.2, -0.15) is 0 Å². The molecule has 1 aromatic rings. The monoisotopic (exact) mass is 265 g/mol. The van der Waals surface area contributed by atoms with Gasteiger partial charge in [0.25, 0.3) is 0 Å². The SMILES string of the molecule is C=C(CNC1CC1)COc1c(C)cc(Cl)cc1C. The third-order valence-corrected chi connectivity index (χ3v) is 3.28. The van der Waals surface area contributed by atoms with Crippen LogP contribution in [0, 0.1) is 13.8 Å². The summed E-state index contributed by atoms with van der Waals surface area (Å²) in [4.78, 5) is 0. The quantitative estimate of drug-likeness (QED) is 0.793. The minimum Gasteiger partial charge on any atom is -0.489 e. The molecule has 1 aromatic carbocycles. The third kappa shape index (κ3) is 3.76. The molecule has 0 spiro atoms. The minimum absolute atomic E-state index is 0.559. The van der Waals surface area contributed by atoms with Crippen molar-refractivity contribution in [3.05, 3.63) is 40.4 Å². The Kier molecular flexibility index (Phi) is 4.31. The second kappa shape index (κ2) is 5.77. The van der Waals surface area contributed by atoms with Gasteiger partial charge < -0.3 is 10.1 Å². The number of halogens is 1. The van der Waals surface area contributed by atoms with E-state index in [4.69, 9.17) is 16.3 Å². The van der Waals surface area contributed by atoms with Crippen LogP contribution < -0.4 is 10.1 Å². The topological polar surface area (TPSA) is 21.3 Å². The van der Waals surface area contributed by atoms with E-state index < -0.39 is 0 Å². The summed E-state index contributed by atoms with van der Waals surface area (Å²) in [6.07, 6.45) is 2.59. The van der Waals surface area contributed by atoms with Gasteiger partial charge in [0, 0.05) is 17.6 Å². The fraction of sp³-hybridized carbons (Fsp3) is 0.467. The number of ether oxygens (including phenoxy) is 1. The van der Waals surface area contributed by atoms with Crippen molar-refractivity contribution in [2.24, 2.45) is 0 Å². The molecule has 1 aliphatic carbocycles. The van der Waals surface area contributed by atoms with Crippen molar-refractivity contribution < 1.29 is 4.74 Å². The van der Waals surface area contributed by atoms with Gasteiger partial charge in [-0.05, 0) is 55.5 Å². The Balaban J connectivity index is 1.86. The number of nitrogens with one attached hydrogen (secondary N) is 1. The maximum absolute atomic E-state index is 5.99. The highest BCUT2D eigenvalue weighted by Gasteiger charge is 2.20. The van der Waals surface area contributed by atoms with Crippen molar-refractivity contribution in [1.82, 2.24) is 5.32 Å². The van der Waals surface area contributed by atoms with E-state index in [0.717, 1.165) is 34.0 Å². The smallest absolute Gasteiger partial charge is 0.125 e. The van der Waals surface area contributed by atoms with E-state index in [1.807, 2.05) is 26.0 Å². The van der Waals surface area contributed by atoms with E-state index in [2.05, 4.69) is 11.9 Å². The summed E-state index contributed by atoms with van der Waals surface area (Å²) >= 11 is 5.99. The van der Waals surface area contributed by atoms with E-state index in [9.17, 15) is 0 Å². The predicted molar refractivity (Wildman–Crippen MR) is 76.6 cm³/mol. The maximum Gasteiger partial charge on any atom is 0.125 e. The molecule has 0 saturated heterocycles. The summed E-state index contributed by atoms with van der Waals surface area (Å²) < 4.78 is 5.84. The Morgan fingerprint density at radius 1 is 1.39 bits per heavy atom. The zero-order valence-corrected chi connectivity index (χ0v) is 11.8. The third-order valence-electron chi connectivity index (χ3n) is 3.06. The lowest BCUT2D eigenvalue weighted by Gasteiger charge is -2.14. The first-order valence-corrected chi connectivity index (χ1v) is 6.73. The van der Waals surface area contributed by atoms with Crippen LogP contribution in [0.4, 0.5) is 0 Å². The number of rotatable bonds is 6. The lowest BCUT2D eigenvalue weighted by molar-refractivity contribution is 0.343. The van der Waals surface area contributed by atoms with Crippen molar-refractivity contribution in [3.8, 4) is 5.75 Å². The van der Waals surface area contributed by atoms with Gasteiger partial charge in [-0.15, -0.1) is 0 Å². The Morgan fingerprint density at radius 2 is 2.00 bits per heavy atom. The fourth-order valence-electron chi connectivity index (χ4n) is 1.93. The molecule has 0 unspecified atom stereocenters. The number of aryl methyl sites for hydroxylation is 2. The molecule has 3 heteroatoms. The maximum atomic E-state index is 5.99. The van der Waals surface area contributed by atoms with E-state index in [-0.39, 0.29) is 0 Å². The normalized spacial score (nSPS) is 14.6. The molecule has 0 amide bonds. The van der Waals surface area contributed by atoms with Crippen molar-refractivity contribution in [2.75, 3.05) is 13.2 Å². The Morgan fingerprint density at radius 3 is 2.56 bits per heavy atom. The number of hydrogen-bond donors (Lipinski definition) is 1. The van der Waals surface area contributed by atoms with Gasteiger partial charge in [-0.25, -0.2) is 0 Å². The highest BCUT2D eigenvalue weighted by Crippen LogP contribution is 2.27. The molecule has 18 heavy (non-hydrogen) atoms. The average Bonchev–Trinajstić information content (AvgIpc) is 3.08. The standard InChI is InChI=1S/C15H20ClNO/c1-10(8-17-14-4-5-14)9-18-15-11(2)6-13(16)7-12(15)3/h6-7,14,17H,1,4-5,8-9H2,2-3H3. The molecule has 1 aliphatic rings. The summed E-state index contributed by atoms with van der Waals surface area (Å²) in [7, 11) is 0. The number of benzene rings is 1. The first-order chi connectivity index (χ1) is 8.56. The van der Waals surface area contributed by atoms with Gasteiger partial charge >= 0.3 is 0 Å². The van der Waals surface area contributed by atoms with Gasteiger partial charge in [0.15, 0.2) is 0 Å². The van der Waals surface area contributed by atoms with Crippen LogP contribution in [0.5, 0.6) is 5.75 Å². The molecule has 2 nitrogen and oxygen atoms in total. The first kappa shape index (κ1) is 13.4. The summed E-state index contributed by atoms with van der Waals surface area (Å²) in [6.45, 7) is 9.46. The molecule has 2 rings (SSSR count). The minimum atomic E-state index is 0.559. The van der Waals surface area contributed by atoms with Gasteiger partial charge in [0.2, 0.25) is 0 Å². The summed E-state index contributed by atoms with van der Waals surface area (Å²) in [5, 5.41) is 4.19. The van der Waals surface area contributed by atoms with E-state index in [1.54, 1.807) is 0 Å². The first-order valence-electron chi connectivity index (χ1n) is 6.36. The van der Waals surface area contributed by atoms with E-state index >= 15 is 0 Å². The molecule has 1 N–H and O–H groups in total. The van der Waals surface area contributed by atoms with Crippen LogP contribution in [0.15, 0.2) is 24.3 Å². The lowest BCUT2D eigenvalue weighted by atomic mass is 10.1. The van der Waals surface area contributed by atoms with Gasteiger partial charge in [-0.1, -0.05) is 18.2 Å². The molecule has 0 aliphatic heterocycles. The molecule has 0 radical (unpaired) electrons. The molecule has 0 bridgehead atoms. The highest BCUT2D eigenvalue weighted by atomic mass is 35.5. The summed E-state index contributed by atoms with van der Waals surface area (Å²) in [5.41, 5.74) is 3.22. The molecular formula is C15H20ClNO. The van der Waals surface area contributed by atoms with Crippen molar-refractivity contribution >= 4 is 11.6 Å². The second-order valence-electron chi connectivity index (χ2n) is 5.06. The van der Waals surface area contributed by atoms with E-state index in [1.165, 1.54) is 12.8 Å². The zero-order chi connectivity index (χ0) is 13.1. The average molecular weight is 266 g/mol. The predicted octanol–water partition coefficient (Wildman–Crippen LogP) is 3.64. The van der Waals surface area contributed by atoms with Gasteiger partial charge in [0.1, 0.15) is 12.4 Å². The van der Waals surface area contributed by atoms with Gasteiger partial charge in [-0.3, -0.25) is 0 Å². The lowest BCUT2D eigenvalue weighted by Crippen LogP contribution is -2.21. The van der Waals surface area contributed by atoms with Crippen LogP contribution in [0.3, 0.4) is 0 Å². The van der Waals surface area contributed by atoms with Crippen LogP contribution in [0.2, 0.25) is 5.02 Å². The Labute approximate surface area is 114 Å². The fourth-order valence-corrected chi connectivity index (χ4v) is 2.25. The van der Waals surface area contributed by atoms with Gasteiger partial charge in [0.05, 0.1) is 0 Å². The van der Waals surface area contributed by atoms with Crippen molar-refractivity contribution in [2.45, 2.75) is 32.7 Å². The summed E-state index contributed by atoms with van der Waals surface area (Å²) in [6, 6.07) is 4.56. The van der Waals surface area contributed by atoms with Crippen LogP contribution >= 0.6 is 11.6 Å². The molecule has 1 fully saturated rings. The van der Waals surface area contributed by atoms with Crippen LogP contribution in [-0.4, -0.2) is 19.2 Å². The van der Waals surface area contributed by atoms with Crippen LogP contribution in [0.1, 0.15) is 24.0 Å². The largest absolute Gasteiger partial charge is 0.489 e. The molecule has 0 atom stereocenters. The Hall–Kier alpha value is -0.990. The molecule has 98 valence electrons. The molecule has 1 saturated carbocycles. The second-order valence-corrected chi connectivity index (χ2v) is 5.50. The Bertz CT molecular complexity index is 429. The van der Waals surface area contributed by atoms with E-state index in [0.29, 0.717) is 12.6 Å². The van der Waals surface area contributed by atoms with Crippen molar-refractivity contribution in [1.29, 1.82) is 0 Å². The van der Waals surface area contributed by atoms with Crippen LogP contribution in [-0.2, 0) is 0 Å².